The fraction of sp³-hybridized carbons (Fsp3) is 0.375. The van der Waals surface area contributed by atoms with Crippen LogP contribution in [0.5, 0.6) is 17.2 Å². The number of rotatable bonds is 9. The van der Waals surface area contributed by atoms with Gasteiger partial charge in [0.25, 0.3) is 0 Å². The van der Waals surface area contributed by atoms with Crippen LogP contribution in [0.3, 0.4) is 0 Å². The van der Waals surface area contributed by atoms with Crippen molar-refractivity contribution in [3.05, 3.63) is 41.5 Å². The molecule has 8 nitrogen and oxygen atoms in total. The van der Waals surface area contributed by atoms with Gasteiger partial charge >= 0.3 is 11.9 Å². The Labute approximate surface area is 187 Å². The maximum Gasteiger partial charge on any atom is 0.397 e. The van der Waals surface area contributed by atoms with Crippen LogP contribution in [0, 0.1) is 13.8 Å². The topological polar surface area (TPSA) is 114 Å². The highest BCUT2D eigenvalue weighted by Crippen LogP contribution is 2.35. The van der Waals surface area contributed by atoms with Crippen molar-refractivity contribution < 1.29 is 29.0 Å². The number of aryl methyl sites for hydroxylation is 2. The highest BCUT2D eigenvalue weighted by molar-refractivity contribution is 6.37. The quantitative estimate of drug-likeness (QED) is 0.222. The Morgan fingerprint density at radius 1 is 0.969 bits per heavy atom. The average molecular weight is 443 g/mol. The molecule has 0 heterocycles. The van der Waals surface area contributed by atoms with E-state index in [1.165, 1.54) is 6.07 Å². The molecule has 0 aliphatic carbocycles. The van der Waals surface area contributed by atoms with Crippen molar-refractivity contribution in [1.29, 1.82) is 0 Å². The second-order valence-electron chi connectivity index (χ2n) is 7.40. The van der Waals surface area contributed by atoms with E-state index in [0.29, 0.717) is 23.6 Å². The van der Waals surface area contributed by atoms with Gasteiger partial charge in [-0.3, -0.25) is 9.59 Å². The van der Waals surface area contributed by atoms with Gasteiger partial charge in [0.05, 0.1) is 12.3 Å². The third-order valence-electron chi connectivity index (χ3n) is 4.65. The predicted molar refractivity (Wildman–Crippen MR) is 122 cm³/mol. The van der Waals surface area contributed by atoms with Crippen LogP contribution in [0.4, 0.5) is 11.4 Å². The number of phenols is 1. The first kappa shape index (κ1) is 24.7. The van der Waals surface area contributed by atoms with E-state index in [4.69, 9.17) is 4.74 Å². The first-order valence-electron chi connectivity index (χ1n) is 10.6. The summed E-state index contributed by atoms with van der Waals surface area (Å²) >= 11 is 0. The Morgan fingerprint density at radius 3 is 2.28 bits per heavy atom. The molecule has 32 heavy (non-hydrogen) atoms. The number of benzene rings is 2. The van der Waals surface area contributed by atoms with E-state index in [9.17, 15) is 19.5 Å². The number of aromatic hydroxyl groups is 1. The number of nitrogens with one attached hydrogen (secondary N) is 2. The van der Waals surface area contributed by atoms with E-state index in [2.05, 4.69) is 22.3 Å². The second-order valence-corrected chi connectivity index (χ2v) is 7.40. The van der Waals surface area contributed by atoms with Crippen LogP contribution in [0.15, 0.2) is 30.3 Å². The van der Waals surface area contributed by atoms with Crippen molar-refractivity contribution in [3.63, 3.8) is 0 Å². The zero-order chi connectivity index (χ0) is 23.7. The van der Waals surface area contributed by atoms with Gasteiger partial charge in [-0.2, -0.15) is 0 Å². The van der Waals surface area contributed by atoms with Crippen molar-refractivity contribution in [2.24, 2.45) is 0 Å². The molecule has 0 saturated heterocycles. The van der Waals surface area contributed by atoms with Gasteiger partial charge in [-0.1, -0.05) is 19.8 Å². The minimum atomic E-state index is -0.948. The van der Waals surface area contributed by atoms with E-state index >= 15 is 0 Å². The van der Waals surface area contributed by atoms with E-state index in [0.717, 1.165) is 30.4 Å². The van der Waals surface area contributed by atoms with Gasteiger partial charge in [0.2, 0.25) is 5.91 Å². The summed E-state index contributed by atoms with van der Waals surface area (Å²) in [6, 6.07) is 7.96. The Kier molecular flexibility index (Phi) is 9.07. The van der Waals surface area contributed by atoms with Crippen LogP contribution < -0.4 is 15.4 Å². The molecule has 172 valence electrons. The summed E-state index contributed by atoms with van der Waals surface area (Å²) in [5.41, 5.74) is 2.17. The van der Waals surface area contributed by atoms with Crippen LogP contribution in [-0.2, 0) is 19.1 Å². The lowest BCUT2D eigenvalue weighted by Crippen LogP contribution is -2.25. The SMILES string of the molecule is CCCCCC(=O)Nc1cc(Oc2c(C)cc(NC(=O)C(=O)OCC)cc2C)ccc1O. The maximum atomic E-state index is 12.1. The Hall–Kier alpha value is -3.55. The molecule has 0 aliphatic heterocycles. The Morgan fingerprint density at radius 2 is 1.66 bits per heavy atom. The molecular formula is C24H30N2O6. The van der Waals surface area contributed by atoms with Crippen molar-refractivity contribution in [2.45, 2.75) is 53.4 Å². The lowest BCUT2D eigenvalue weighted by atomic mass is 10.1. The normalized spacial score (nSPS) is 10.4. The summed E-state index contributed by atoms with van der Waals surface area (Å²) in [7, 11) is 0. The lowest BCUT2D eigenvalue weighted by Gasteiger charge is -2.15. The highest BCUT2D eigenvalue weighted by atomic mass is 16.5. The number of carbonyl (C=O) groups excluding carboxylic acids is 3. The molecule has 0 atom stereocenters. The first-order chi connectivity index (χ1) is 15.2. The number of unbranched alkanes of at least 4 members (excludes halogenated alkanes) is 2. The molecule has 0 fully saturated rings. The molecule has 0 unspecified atom stereocenters. The standard InChI is InChI=1S/C24H30N2O6/c1-5-7-8-9-21(28)26-19-14-18(10-11-20(19)27)32-22-15(3)12-17(13-16(22)4)25-23(29)24(30)31-6-2/h10-14,27H,5-9H2,1-4H3,(H,25,29)(H,26,28). The predicted octanol–water partition coefficient (Wildman–Crippen LogP) is 4.82. The zero-order valence-electron chi connectivity index (χ0n) is 18.9. The van der Waals surface area contributed by atoms with Crippen molar-refractivity contribution in [2.75, 3.05) is 17.2 Å². The molecule has 3 N–H and O–H groups in total. The van der Waals surface area contributed by atoms with Crippen LogP contribution in [-0.4, -0.2) is 29.5 Å². The number of esters is 1. The molecule has 2 rings (SSSR count). The lowest BCUT2D eigenvalue weighted by molar-refractivity contribution is -0.152. The number of ether oxygens (including phenoxy) is 2. The molecule has 0 aromatic heterocycles. The van der Waals surface area contributed by atoms with Crippen molar-refractivity contribution in [3.8, 4) is 17.2 Å². The second kappa shape index (κ2) is 11.7. The molecule has 0 saturated carbocycles. The monoisotopic (exact) mass is 442 g/mol. The first-order valence-corrected chi connectivity index (χ1v) is 10.6. The van der Waals surface area contributed by atoms with Gasteiger partial charge < -0.3 is 25.2 Å². The molecule has 8 heteroatoms. The van der Waals surface area contributed by atoms with E-state index in [1.54, 1.807) is 45.0 Å². The van der Waals surface area contributed by atoms with Crippen LogP contribution in [0.2, 0.25) is 0 Å². The Bertz CT molecular complexity index is 963. The average Bonchev–Trinajstić information content (AvgIpc) is 2.73. The minimum Gasteiger partial charge on any atom is -0.506 e. The summed E-state index contributed by atoms with van der Waals surface area (Å²) in [4.78, 5) is 35.5. The largest absolute Gasteiger partial charge is 0.506 e. The number of amides is 2. The fourth-order valence-corrected chi connectivity index (χ4v) is 3.11. The number of anilines is 2. The summed E-state index contributed by atoms with van der Waals surface area (Å²) in [5.74, 6) is -1.02. The molecule has 0 aliphatic rings. The minimum absolute atomic E-state index is 0.0494. The smallest absolute Gasteiger partial charge is 0.397 e. The molecular weight excluding hydrogens is 412 g/mol. The molecule has 0 bridgehead atoms. The van der Waals surface area contributed by atoms with Gasteiger partial charge in [-0.15, -0.1) is 0 Å². The van der Waals surface area contributed by atoms with Gasteiger partial charge in [-0.05, 0) is 62.6 Å². The van der Waals surface area contributed by atoms with Crippen LogP contribution in [0.1, 0.15) is 50.7 Å². The van der Waals surface area contributed by atoms with E-state index < -0.39 is 11.9 Å². The number of phenolic OH excluding ortho intramolecular Hbond substituents is 1. The van der Waals surface area contributed by atoms with Gasteiger partial charge in [0, 0.05) is 18.2 Å². The van der Waals surface area contributed by atoms with Crippen molar-refractivity contribution in [1.82, 2.24) is 0 Å². The van der Waals surface area contributed by atoms with E-state index in [1.807, 2.05) is 0 Å². The number of carbonyl (C=O) groups is 3. The van der Waals surface area contributed by atoms with Gasteiger partial charge in [-0.25, -0.2) is 4.79 Å². The maximum absolute atomic E-state index is 12.1. The zero-order valence-corrected chi connectivity index (χ0v) is 18.9. The summed E-state index contributed by atoms with van der Waals surface area (Å²) in [6.07, 6.45) is 3.16. The number of hydrogen-bond acceptors (Lipinski definition) is 6. The summed E-state index contributed by atoms with van der Waals surface area (Å²) in [5, 5.41) is 15.3. The Balaban J connectivity index is 2.14. The molecule has 2 aromatic carbocycles. The van der Waals surface area contributed by atoms with Gasteiger partial charge in [0.15, 0.2) is 0 Å². The molecule has 2 aromatic rings. The fourth-order valence-electron chi connectivity index (χ4n) is 3.11. The van der Waals surface area contributed by atoms with Crippen LogP contribution >= 0.6 is 0 Å². The van der Waals surface area contributed by atoms with E-state index in [-0.39, 0.29) is 24.0 Å². The highest BCUT2D eigenvalue weighted by Gasteiger charge is 2.17. The van der Waals surface area contributed by atoms with Gasteiger partial charge in [0.1, 0.15) is 17.2 Å². The third-order valence-corrected chi connectivity index (χ3v) is 4.65. The summed E-state index contributed by atoms with van der Waals surface area (Å²) in [6.45, 7) is 7.41. The molecule has 2 amide bonds. The molecule has 0 radical (unpaired) electrons. The number of hydrogen-bond donors (Lipinski definition) is 3. The van der Waals surface area contributed by atoms with Crippen molar-refractivity contribution >= 4 is 29.2 Å². The third kappa shape index (κ3) is 7.01. The summed E-state index contributed by atoms with van der Waals surface area (Å²) < 4.78 is 10.7. The molecule has 0 spiro atoms. The van der Waals surface area contributed by atoms with Crippen LogP contribution in [0.25, 0.3) is 0 Å².